The number of aryl methyl sites for hydroxylation is 1. The van der Waals surface area contributed by atoms with Crippen LogP contribution in [0, 0.1) is 0 Å². The Morgan fingerprint density at radius 3 is 2.41 bits per heavy atom. The Balaban J connectivity index is 2.16. The number of carbonyl (C=O) groups excluding carboxylic acids is 1. The van der Waals surface area contributed by atoms with E-state index in [-0.39, 0.29) is 11.7 Å². The summed E-state index contributed by atoms with van der Waals surface area (Å²) in [5.41, 5.74) is 1.41. The van der Waals surface area contributed by atoms with Gasteiger partial charge in [-0.15, -0.1) is 0 Å². The molecule has 2 atom stereocenters. The van der Waals surface area contributed by atoms with Crippen molar-refractivity contribution in [2.75, 3.05) is 17.7 Å². The topological polar surface area (TPSA) is 75.7 Å². The van der Waals surface area contributed by atoms with Gasteiger partial charge in [-0.1, -0.05) is 41.9 Å². The summed E-state index contributed by atoms with van der Waals surface area (Å²) in [6, 6.07) is 13.5. The number of methoxy groups -OCH3 is 1. The summed E-state index contributed by atoms with van der Waals surface area (Å²) >= 11 is 6.06. The molecule has 0 radical (unpaired) electrons. The Morgan fingerprint density at radius 2 is 1.83 bits per heavy atom. The van der Waals surface area contributed by atoms with Crippen LogP contribution in [-0.2, 0) is 21.2 Å². The van der Waals surface area contributed by atoms with E-state index in [0.29, 0.717) is 10.8 Å². The maximum absolute atomic E-state index is 12.8. The Labute approximate surface area is 177 Å². The molecular formula is C21H27ClN2O4S. The van der Waals surface area contributed by atoms with E-state index >= 15 is 0 Å². The smallest absolute Gasteiger partial charge is 0.243 e. The van der Waals surface area contributed by atoms with Crippen molar-refractivity contribution in [3.05, 3.63) is 59.1 Å². The van der Waals surface area contributed by atoms with Crippen LogP contribution < -0.4 is 14.4 Å². The lowest BCUT2D eigenvalue weighted by molar-refractivity contribution is -0.122. The van der Waals surface area contributed by atoms with Crippen molar-refractivity contribution < 1.29 is 17.9 Å². The third kappa shape index (κ3) is 6.37. The molecule has 8 heteroatoms. The van der Waals surface area contributed by atoms with Gasteiger partial charge in [-0.05, 0) is 50.5 Å². The fraction of sp³-hybridized carbons (Fsp3) is 0.381. The first-order valence-corrected chi connectivity index (χ1v) is 11.5. The molecule has 0 spiro atoms. The van der Waals surface area contributed by atoms with Crippen molar-refractivity contribution in [3.8, 4) is 5.75 Å². The molecule has 2 aromatic rings. The average molecular weight is 439 g/mol. The summed E-state index contributed by atoms with van der Waals surface area (Å²) in [5, 5.41) is 3.25. The van der Waals surface area contributed by atoms with Crippen molar-refractivity contribution in [1.29, 1.82) is 0 Å². The van der Waals surface area contributed by atoms with Crippen molar-refractivity contribution in [3.63, 3.8) is 0 Å². The zero-order valence-corrected chi connectivity index (χ0v) is 18.6. The second-order valence-corrected chi connectivity index (χ2v) is 9.28. The molecule has 0 heterocycles. The average Bonchev–Trinajstić information content (AvgIpc) is 2.66. The summed E-state index contributed by atoms with van der Waals surface area (Å²) in [7, 11) is -2.33. The Kier molecular flexibility index (Phi) is 7.93. The predicted octanol–water partition coefficient (Wildman–Crippen LogP) is 3.64. The molecule has 0 aliphatic carbocycles. The Hall–Kier alpha value is -2.25. The highest BCUT2D eigenvalue weighted by atomic mass is 35.5. The summed E-state index contributed by atoms with van der Waals surface area (Å²) in [4.78, 5) is 12.8. The lowest BCUT2D eigenvalue weighted by Gasteiger charge is -2.30. The number of nitrogens with one attached hydrogen (secondary N) is 1. The van der Waals surface area contributed by atoms with E-state index in [0.717, 1.165) is 23.4 Å². The molecule has 2 aromatic carbocycles. The Bertz CT molecular complexity index is 935. The molecule has 0 saturated carbocycles. The molecule has 0 aromatic heterocycles. The van der Waals surface area contributed by atoms with E-state index in [1.165, 1.54) is 18.7 Å². The maximum Gasteiger partial charge on any atom is 0.243 e. The van der Waals surface area contributed by atoms with Crippen molar-refractivity contribution >= 4 is 33.2 Å². The first-order chi connectivity index (χ1) is 13.6. The number of hydrogen-bond acceptors (Lipinski definition) is 4. The van der Waals surface area contributed by atoms with Crippen LogP contribution in [0.25, 0.3) is 0 Å². The van der Waals surface area contributed by atoms with Crippen LogP contribution in [0.5, 0.6) is 5.75 Å². The second kappa shape index (κ2) is 9.98. The number of sulfonamides is 1. The minimum Gasteiger partial charge on any atom is -0.495 e. The molecule has 158 valence electrons. The first kappa shape index (κ1) is 23.0. The lowest BCUT2D eigenvalue weighted by atomic mass is 10.1. The van der Waals surface area contributed by atoms with Gasteiger partial charge in [-0.3, -0.25) is 9.10 Å². The van der Waals surface area contributed by atoms with Gasteiger partial charge >= 0.3 is 0 Å². The highest BCUT2D eigenvalue weighted by molar-refractivity contribution is 7.92. The van der Waals surface area contributed by atoms with E-state index in [9.17, 15) is 13.2 Å². The number of ether oxygens (including phenoxy) is 1. The SMILES string of the molecule is COc1ccc(Cl)cc1N([C@H](C)C(=O)N[C@@H](C)CCc1ccccc1)S(C)(=O)=O. The van der Waals surface area contributed by atoms with Crippen LogP contribution in [0.2, 0.25) is 5.02 Å². The number of halogens is 1. The fourth-order valence-corrected chi connectivity index (χ4v) is 4.42. The second-order valence-electron chi connectivity index (χ2n) is 6.98. The zero-order chi connectivity index (χ0) is 21.6. The molecule has 29 heavy (non-hydrogen) atoms. The highest BCUT2D eigenvalue weighted by Crippen LogP contribution is 2.34. The monoisotopic (exact) mass is 438 g/mol. The van der Waals surface area contributed by atoms with Gasteiger partial charge < -0.3 is 10.1 Å². The standard InChI is InChI=1S/C21H27ClN2O4S/c1-15(10-11-17-8-6-5-7-9-17)23-21(25)16(2)24(29(4,26)27)19-14-18(22)12-13-20(19)28-3/h5-9,12-16H,10-11H2,1-4H3,(H,23,25)/t15-,16+/m0/s1. The van der Waals surface area contributed by atoms with Crippen molar-refractivity contribution in [2.45, 2.75) is 38.8 Å². The van der Waals surface area contributed by atoms with Crippen LogP contribution in [0.15, 0.2) is 48.5 Å². The van der Waals surface area contributed by atoms with Gasteiger partial charge in [0.1, 0.15) is 11.8 Å². The number of nitrogens with zero attached hydrogens (tertiary/aromatic N) is 1. The summed E-state index contributed by atoms with van der Waals surface area (Å²) < 4.78 is 31.3. The van der Waals surface area contributed by atoms with Gasteiger partial charge in [-0.25, -0.2) is 8.42 Å². The van der Waals surface area contributed by atoms with Gasteiger partial charge in [0.05, 0.1) is 19.1 Å². The summed E-state index contributed by atoms with van der Waals surface area (Å²) in [6.07, 6.45) is 2.60. The van der Waals surface area contributed by atoms with Gasteiger partial charge in [0.25, 0.3) is 0 Å². The van der Waals surface area contributed by atoms with Gasteiger partial charge in [-0.2, -0.15) is 0 Å². The van der Waals surface area contributed by atoms with Crippen LogP contribution in [0.4, 0.5) is 5.69 Å². The molecule has 0 aliphatic rings. The molecule has 0 fully saturated rings. The Morgan fingerprint density at radius 1 is 1.17 bits per heavy atom. The number of anilines is 1. The summed E-state index contributed by atoms with van der Waals surface area (Å²) in [6.45, 7) is 3.44. The molecule has 1 amide bonds. The molecule has 0 bridgehead atoms. The largest absolute Gasteiger partial charge is 0.495 e. The molecule has 0 aliphatic heterocycles. The molecular weight excluding hydrogens is 412 g/mol. The van der Waals surface area contributed by atoms with Gasteiger partial charge in [0, 0.05) is 11.1 Å². The molecule has 1 N–H and O–H groups in total. The van der Waals surface area contributed by atoms with Crippen molar-refractivity contribution in [2.24, 2.45) is 0 Å². The first-order valence-electron chi connectivity index (χ1n) is 9.30. The number of benzene rings is 2. The number of rotatable bonds is 9. The molecule has 2 rings (SSSR count). The molecule has 6 nitrogen and oxygen atoms in total. The fourth-order valence-electron chi connectivity index (χ4n) is 3.08. The minimum absolute atomic E-state index is 0.118. The number of carbonyl (C=O) groups is 1. The quantitative estimate of drug-likeness (QED) is 0.648. The minimum atomic E-state index is -3.77. The number of amides is 1. The van der Waals surface area contributed by atoms with Crippen molar-refractivity contribution in [1.82, 2.24) is 5.32 Å². The predicted molar refractivity (Wildman–Crippen MR) is 117 cm³/mol. The third-order valence-corrected chi connectivity index (χ3v) is 6.03. The highest BCUT2D eigenvalue weighted by Gasteiger charge is 2.31. The van der Waals surface area contributed by atoms with E-state index in [2.05, 4.69) is 5.32 Å². The summed E-state index contributed by atoms with van der Waals surface area (Å²) in [5.74, 6) is -0.0744. The zero-order valence-electron chi connectivity index (χ0n) is 17.1. The maximum atomic E-state index is 12.8. The van der Waals surface area contributed by atoms with Crippen LogP contribution in [-0.4, -0.2) is 39.8 Å². The van der Waals surface area contributed by atoms with Crippen LogP contribution in [0.1, 0.15) is 25.8 Å². The molecule has 0 unspecified atom stereocenters. The number of hydrogen-bond donors (Lipinski definition) is 1. The normalized spacial score (nSPS) is 13.4. The van der Waals surface area contributed by atoms with Gasteiger partial charge in [0.2, 0.25) is 15.9 Å². The van der Waals surface area contributed by atoms with E-state index in [4.69, 9.17) is 16.3 Å². The van der Waals surface area contributed by atoms with E-state index < -0.39 is 22.0 Å². The van der Waals surface area contributed by atoms with Gasteiger partial charge in [0.15, 0.2) is 0 Å². The third-order valence-electron chi connectivity index (χ3n) is 4.56. The van der Waals surface area contributed by atoms with Crippen LogP contribution >= 0.6 is 11.6 Å². The molecule has 0 saturated heterocycles. The van der Waals surface area contributed by atoms with Crippen LogP contribution in [0.3, 0.4) is 0 Å². The van der Waals surface area contributed by atoms with E-state index in [1.807, 2.05) is 37.3 Å². The van der Waals surface area contributed by atoms with E-state index in [1.54, 1.807) is 19.1 Å². The lowest BCUT2D eigenvalue weighted by Crippen LogP contribution is -2.50.